The maximum absolute atomic E-state index is 11.3. The van der Waals surface area contributed by atoms with Crippen LogP contribution in [0.3, 0.4) is 0 Å². The summed E-state index contributed by atoms with van der Waals surface area (Å²) in [7, 11) is 0. The molecule has 1 aliphatic heterocycles. The second-order valence-corrected chi connectivity index (χ2v) is 6.23. The third-order valence-electron chi connectivity index (χ3n) is 3.48. The Bertz CT molecular complexity index is 789. The van der Waals surface area contributed by atoms with E-state index in [1.54, 1.807) is 0 Å². The summed E-state index contributed by atoms with van der Waals surface area (Å²) in [5, 5.41) is 19.0. The van der Waals surface area contributed by atoms with Crippen LogP contribution < -0.4 is 5.73 Å². The van der Waals surface area contributed by atoms with Crippen molar-refractivity contribution in [2.45, 2.75) is 44.5 Å². The number of carboxylic acids is 1. The average molecular weight is 358 g/mol. The molecule has 11 heteroatoms. The fourth-order valence-electron chi connectivity index (χ4n) is 2.62. The molecule has 0 aliphatic carbocycles. The molecule has 1 aliphatic rings. The molecule has 10 nitrogen and oxygen atoms in total. The predicted molar refractivity (Wildman–Crippen MR) is 82.1 cm³/mol. The normalized spacial score (nSPS) is 24.6. The largest absolute Gasteiger partial charge is 0.479 e. The minimum Gasteiger partial charge on any atom is -0.479 e. The molecule has 0 spiro atoms. The van der Waals surface area contributed by atoms with Gasteiger partial charge in [0.25, 0.3) is 0 Å². The van der Waals surface area contributed by atoms with E-state index in [0.29, 0.717) is 5.52 Å². The van der Waals surface area contributed by atoms with Gasteiger partial charge >= 0.3 is 5.97 Å². The Kier molecular flexibility index (Phi) is 4.08. The number of aliphatic carboxylic acids is 1. The van der Waals surface area contributed by atoms with Gasteiger partial charge in [-0.2, -0.15) is 9.97 Å². The second-order valence-electron chi connectivity index (χ2n) is 5.89. The number of aliphatic hydroxyl groups is 1. The zero-order chi connectivity index (χ0) is 17.6. The highest BCUT2D eigenvalue weighted by Gasteiger charge is 2.43. The molecule has 3 atom stereocenters. The van der Waals surface area contributed by atoms with E-state index in [-0.39, 0.29) is 23.2 Å². The van der Waals surface area contributed by atoms with E-state index >= 15 is 0 Å². The second kappa shape index (κ2) is 5.81. The number of nitrogens with zero attached hydrogens (tertiary/aromatic N) is 4. The van der Waals surface area contributed by atoms with E-state index in [4.69, 9.17) is 26.8 Å². The molecule has 0 radical (unpaired) electrons. The highest BCUT2D eigenvalue weighted by Crippen LogP contribution is 2.35. The minimum atomic E-state index is -1.47. The van der Waals surface area contributed by atoms with Crippen molar-refractivity contribution in [3.63, 3.8) is 0 Å². The maximum Gasteiger partial charge on any atom is 0.333 e. The van der Waals surface area contributed by atoms with Gasteiger partial charge in [0.05, 0.1) is 6.33 Å². The molecule has 0 amide bonds. The summed E-state index contributed by atoms with van der Waals surface area (Å²) >= 11 is 5.83. The molecule has 2 aromatic rings. The molecule has 24 heavy (non-hydrogen) atoms. The maximum atomic E-state index is 11.3. The van der Waals surface area contributed by atoms with Gasteiger partial charge in [-0.1, -0.05) is 0 Å². The molecule has 1 saturated heterocycles. The van der Waals surface area contributed by atoms with Gasteiger partial charge < -0.3 is 25.4 Å². The van der Waals surface area contributed by atoms with Crippen LogP contribution in [0.1, 0.15) is 26.5 Å². The Balaban J connectivity index is 2.03. The van der Waals surface area contributed by atoms with E-state index < -0.39 is 30.2 Å². The van der Waals surface area contributed by atoms with Gasteiger partial charge in [0.15, 0.2) is 29.6 Å². The number of hydrogen-bond donors (Lipinski definition) is 3. The lowest BCUT2D eigenvalue weighted by Gasteiger charge is -2.27. The van der Waals surface area contributed by atoms with Gasteiger partial charge in [0.2, 0.25) is 5.28 Å². The molecular formula is C13H16ClN5O5. The lowest BCUT2D eigenvalue weighted by molar-refractivity contribution is -0.222. The number of halogens is 1. The number of carbonyl (C=O) groups is 1. The first kappa shape index (κ1) is 16.8. The molecule has 0 saturated carbocycles. The summed E-state index contributed by atoms with van der Waals surface area (Å²) in [6.45, 7) is 2.89. The van der Waals surface area contributed by atoms with Crippen LogP contribution >= 0.6 is 11.6 Å². The quantitative estimate of drug-likeness (QED) is 0.527. The summed E-state index contributed by atoms with van der Waals surface area (Å²) < 4.78 is 12.6. The van der Waals surface area contributed by atoms with Crippen LogP contribution in [0.15, 0.2) is 6.33 Å². The number of imidazole rings is 1. The highest BCUT2D eigenvalue weighted by molar-refractivity contribution is 6.28. The first-order chi connectivity index (χ1) is 11.2. The summed E-state index contributed by atoms with van der Waals surface area (Å²) in [6.07, 6.45) is -1.25. The lowest BCUT2D eigenvalue weighted by atomic mass is 10.2. The van der Waals surface area contributed by atoms with Crippen molar-refractivity contribution >= 4 is 34.6 Å². The molecular weight excluding hydrogens is 342 g/mol. The van der Waals surface area contributed by atoms with Crippen molar-refractivity contribution in [1.29, 1.82) is 0 Å². The standard InChI is InChI=1S/C13H16ClN5O5/c1-13(2,22)24-5-3-6(11(20)21)23-10(5)19-4-16-7-8(15)17-12(14)18-9(7)19/h4-6,10,22H,3H2,1-2H3,(H,20,21)(H2,15,17,18)/t5-,6+,10-/m1/s1. The number of ether oxygens (including phenoxy) is 2. The summed E-state index contributed by atoms with van der Waals surface area (Å²) in [4.78, 5) is 23.3. The number of hydrogen-bond acceptors (Lipinski definition) is 8. The van der Waals surface area contributed by atoms with E-state index in [9.17, 15) is 15.0 Å². The monoisotopic (exact) mass is 357 g/mol. The van der Waals surface area contributed by atoms with Gasteiger partial charge in [-0.05, 0) is 25.4 Å². The summed E-state index contributed by atoms with van der Waals surface area (Å²) in [5.41, 5.74) is 6.36. The van der Waals surface area contributed by atoms with Crippen molar-refractivity contribution in [3.05, 3.63) is 11.6 Å². The van der Waals surface area contributed by atoms with E-state index in [1.165, 1.54) is 24.7 Å². The number of aromatic nitrogens is 4. The molecule has 0 unspecified atom stereocenters. The molecule has 1 fully saturated rings. The zero-order valence-electron chi connectivity index (χ0n) is 12.9. The predicted octanol–water partition coefficient (Wildman–Crippen LogP) is 0.548. The minimum absolute atomic E-state index is 0.0535. The van der Waals surface area contributed by atoms with Gasteiger partial charge in [-0.15, -0.1) is 0 Å². The van der Waals surface area contributed by atoms with Gasteiger partial charge in [0, 0.05) is 6.42 Å². The molecule has 0 bridgehead atoms. The van der Waals surface area contributed by atoms with Crippen LogP contribution in [0.25, 0.3) is 11.2 Å². The van der Waals surface area contributed by atoms with Crippen LogP contribution in [-0.2, 0) is 14.3 Å². The number of nitrogen functional groups attached to an aromatic ring is 1. The Hall–Kier alpha value is -2.01. The van der Waals surface area contributed by atoms with Gasteiger partial charge in [0.1, 0.15) is 11.6 Å². The fourth-order valence-corrected chi connectivity index (χ4v) is 2.79. The van der Waals surface area contributed by atoms with Crippen molar-refractivity contribution in [1.82, 2.24) is 19.5 Å². The van der Waals surface area contributed by atoms with Crippen LogP contribution in [0.2, 0.25) is 5.28 Å². The third kappa shape index (κ3) is 3.13. The van der Waals surface area contributed by atoms with Crippen molar-refractivity contribution < 1.29 is 24.5 Å². The van der Waals surface area contributed by atoms with Crippen LogP contribution in [0, 0.1) is 0 Å². The molecule has 4 N–H and O–H groups in total. The SMILES string of the molecule is CC(C)(O)O[C@@H]1C[C@@H](C(=O)O)O[C@H]1n1cnc2c(N)nc(Cl)nc21. The topological polar surface area (TPSA) is 146 Å². The van der Waals surface area contributed by atoms with Crippen LogP contribution in [-0.4, -0.2) is 53.7 Å². The molecule has 130 valence electrons. The first-order valence-electron chi connectivity index (χ1n) is 7.09. The number of nitrogens with two attached hydrogens (primary N) is 1. The number of fused-ring (bicyclic) bond motifs is 1. The Morgan fingerprint density at radius 3 is 2.88 bits per heavy atom. The highest BCUT2D eigenvalue weighted by atomic mass is 35.5. The lowest BCUT2D eigenvalue weighted by Crippen LogP contribution is -2.33. The van der Waals surface area contributed by atoms with Crippen molar-refractivity contribution in [3.8, 4) is 0 Å². The number of anilines is 1. The molecule has 2 aromatic heterocycles. The van der Waals surface area contributed by atoms with Crippen molar-refractivity contribution in [2.24, 2.45) is 0 Å². The molecule has 3 rings (SSSR count). The Labute approximate surface area is 141 Å². The number of rotatable bonds is 4. The molecule has 0 aromatic carbocycles. The Morgan fingerprint density at radius 2 is 2.25 bits per heavy atom. The summed E-state index contributed by atoms with van der Waals surface area (Å²) in [6, 6.07) is 0. The van der Waals surface area contributed by atoms with Gasteiger partial charge in [-0.3, -0.25) is 4.57 Å². The van der Waals surface area contributed by atoms with E-state index in [2.05, 4.69) is 15.0 Å². The average Bonchev–Trinajstić information content (AvgIpc) is 3.00. The first-order valence-corrected chi connectivity index (χ1v) is 7.47. The third-order valence-corrected chi connectivity index (χ3v) is 3.65. The Morgan fingerprint density at radius 1 is 1.54 bits per heavy atom. The smallest absolute Gasteiger partial charge is 0.333 e. The zero-order valence-corrected chi connectivity index (χ0v) is 13.6. The van der Waals surface area contributed by atoms with E-state index in [1.807, 2.05) is 0 Å². The van der Waals surface area contributed by atoms with Crippen molar-refractivity contribution in [2.75, 3.05) is 5.73 Å². The fraction of sp³-hybridized carbons (Fsp3) is 0.538. The van der Waals surface area contributed by atoms with Crippen LogP contribution in [0.4, 0.5) is 5.82 Å². The van der Waals surface area contributed by atoms with Crippen LogP contribution in [0.5, 0.6) is 0 Å². The summed E-state index contributed by atoms with van der Waals surface area (Å²) in [5.74, 6) is -2.50. The number of carboxylic acid groups (broad SMARTS) is 1. The van der Waals surface area contributed by atoms with Gasteiger partial charge in [-0.25, -0.2) is 9.78 Å². The van der Waals surface area contributed by atoms with E-state index in [0.717, 1.165) is 0 Å². The molecule has 3 heterocycles.